The Hall–Kier alpha value is -1.00. The van der Waals surface area contributed by atoms with Crippen LogP contribution >= 0.6 is 0 Å². The van der Waals surface area contributed by atoms with E-state index in [1.54, 1.807) is 14.0 Å². The van der Waals surface area contributed by atoms with Crippen molar-refractivity contribution >= 4 is 0 Å². The molecule has 20 heavy (non-hydrogen) atoms. The Morgan fingerprint density at radius 1 is 1.35 bits per heavy atom. The van der Waals surface area contributed by atoms with E-state index in [1.165, 1.54) is 18.6 Å². The van der Waals surface area contributed by atoms with Gasteiger partial charge in [0.2, 0.25) is 0 Å². The zero-order chi connectivity index (χ0) is 14.5. The lowest BCUT2D eigenvalue weighted by Gasteiger charge is -2.25. The predicted octanol–water partition coefficient (Wildman–Crippen LogP) is 3.88. The maximum Gasteiger partial charge on any atom is 0.133 e. The molecular formula is C16H23F2NO. The molecule has 0 saturated carbocycles. The Bertz CT molecular complexity index is 444. The van der Waals surface area contributed by atoms with Crippen LogP contribution in [0.4, 0.5) is 8.78 Å². The number of nitrogens with one attached hydrogen (secondary N) is 1. The van der Waals surface area contributed by atoms with Gasteiger partial charge in [-0.05, 0) is 57.7 Å². The van der Waals surface area contributed by atoms with Crippen LogP contribution in [0.25, 0.3) is 0 Å². The van der Waals surface area contributed by atoms with Gasteiger partial charge < -0.3 is 10.1 Å². The van der Waals surface area contributed by atoms with Gasteiger partial charge in [-0.3, -0.25) is 0 Å². The van der Waals surface area contributed by atoms with Crippen LogP contribution in [-0.2, 0) is 4.74 Å². The summed E-state index contributed by atoms with van der Waals surface area (Å²) in [4.78, 5) is 0. The Morgan fingerprint density at radius 3 is 2.80 bits per heavy atom. The first-order valence-electron chi connectivity index (χ1n) is 7.37. The highest BCUT2D eigenvalue weighted by molar-refractivity contribution is 5.29. The van der Waals surface area contributed by atoms with Gasteiger partial charge in [-0.1, -0.05) is 6.07 Å². The van der Waals surface area contributed by atoms with Gasteiger partial charge in [0.05, 0.1) is 6.10 Å². The summed E-state index contributed by atoms with van der Waals surface area (Å²) in [5, 5.41) is 3.03. The highest BCUT2D eigenvalue weighted by atomic mass is 19.1. The summed E-state index contributed by atoms with van der Waals surface area (Å²) in [7, 11) is 1.74. The molecule has 1 aliphatic heterocycles. The molecule has 1 fully saturated rings. The van der Waals surface area contributed by atoms with Gasteiger partial charge in [0.25, 0.3) is 0 Å². The minimum Gasteiger partial charge on any atom is -0.378 e. The molecule has 0 amide bonds. The molecule has 2 nitrogen and oxygen atoms in total. The lowest BCUT2D eigenvalue weighted by molar-refractivity contribution is 0.00854. The third-order valence-electron chi connectivity index (χ3n) is 4.07. The Morgan fingerprint density at radius 2 is 2.15 bits per heavy atom. The topological polar surface area (TPSA) is 21.3 Å². The molecule has 1 aliphatic rings. The summed E-state index contributed by atoms with van der Waals surface area (Å²) >= 11 is 0. The van der Waals surface area contributed by atoms with Gasteiger partial charge in [0, 0.05) is 18.2 Å². The second kappa shape index (κ2) is 7.14. The second-order valence-corrected chi connectivity index (χ2v) is 5.50. The van der Waals surface area contributed by atoms with E-state index in [2.05, 4.69) is 5.32 Å². The molecule has 2 unspecified atom stereocenters. The molecule has 1 aromatic rings. The lowest BCUT2D eigenvalue weighted by atomic mass is 9.95. The zero-order valence-electron chi connectivity index (χ0n) is 12.2. The quantitative estimate of drug-likeness (QED) is 0.885. The second-order valence-electron chi connectivity index (χ2n) is 5.50. The average Bonchev–Trinajstić information content (AvgIpc) is 2.47. The molecule has 2 atom stereocenters. The number of ether oxygens (including phenoxy) is 1. The van der Waals surface area contributed by atoms with Crippen molar-refractivity contribution in [2.24, 2.45) is 0 Å². The smallest absolute Gasteiger partial charge is 0.133 e. The van der Waals surface area contributed by atoms with Crippen LogP contribution in [0, 0.1) is 18.6 Å². The third-order valence-corrected chi connectivity index (χ3v) is 4.07. The van der Waals surface area contributed by atoms with Crippen LogP contribution in [-0.4, -0.2) is 19.8 Å². The Balaban J connectivity index is 2.06. The summed E-state index contributed by atoms with van der Waals surface area (Å²) in [5.74, 6) is -0.911. The maximum atomic E-state index is 14.2. The van der Waals surface area contributed by atoms with Gasteiger partial charge in [0.15, 0.2) is 0 Å². The minimum absolute atomic E-state index is 0.156. The monoisotopic (exact) mass is 283 g/mol. The number of rotatable bonds is 5. The predicted molar refractivity (Wildman–Crippen MR) is 75.7 cm³/mol. The van der Waals surface area contributed by atoms with Gasteiger partial charge >= 0.3 is 0 Å². The van der Waals surface area contributed by atoms with Crippen molar-refractivity contribution in [3.8, 4) is 0 Å². The molecule has 1 N–H and O–H groups in total. The molecule has 1 saturated heterocycles. The number of hydrogen-bond acceptors (Lipinski definition) is 2. The van der Waals surface area contributed by atoms with Crippen LogP contribution in [0.2, 0.25) is 0 Å². The van der Waals surface area contributed by atoms with Gasteiger partial charge in [0.1, 0.15) is 11.6 Å². The molecule has 2 rings (SSSR count). The summed E-state index contributed by atoms with van der Waals surface area (Å²) in [6.07, 6.45) is 5.09. The molecule has 0 aliphatic carbocycles. The average molecular weight is 283 g/mol. The van der Waals surface area contributed by atoms with E-state index in [1.807, 2.05) is 0 Å². The van der Waals surface area contributed by atoms with E-state index in [9.17, 15) is 8.78 Å². The summed E-state index contributed by atoms with van der Waals surface area (Å²) in [6, 6.07) is 2.51. The number of benzene rings is 1. The van der Waals surface area contributed by atoms with Crippen molar-refractivity contribution in [2.75, 3.05) is 13.7 Å². The number of aryl methyl sites for hydroxylation is 1. The van der Waals surface area contributed by atoms with Crippen LogP contribution in [0.3, 0.4) is 0 Å². The normalized spacial score (nSPS) is 20.9. The standard InChI is InChI=1S/C16H23F2NO/c1-11-6-8-13(17)15(16(11)18)14(19-2)9-7-12-5-3-4-10-20-12/h6,8,12,14,19H,3-5,7,9-10H2,1-2H3. The number of halogens is 2. The lowest BCUT2D eigenvalue weighted by Crippen LogP contribution is -2.24. The zero-order valence-corrected chi connectivity index (χ0v) is 12.2. The van der Waals surface area contributed by atoms with Crippen LogP contribution in [0.5, 0.6) is 0 Å². The third kappa shape index (κ3) is 3.55. The summed E-state index contributed by atoms with van der Waals surface area (Å²) < 4.78 is 33.8. The fraction of sp³-hybridized carbons (Fsp3) is 0.625. The van der Waals surface area contributed by atoms with Gasteiger partial charge in [-0.25, -0.2) is 8.78 Å². The first kappa shape index (κ1) is 15.4. The van der Waals surface area contributed by atoms with E-state index in [0.717, 1.165) is 25.9 Å². The minimum atomic E-state index is -0.475. The molecule has 0 spiro atoms. The molecule has 0 radical (unpaired) electrons. The summed E-state index contributed by atoms with van der Waals surface area (Å²) in [6.45, 7) is 2.47. The summed E-state index contributed by atoms with van der Waals surface area (Å²) in [5.41, 5.74) is 0.638. The largest absolute Gasteiger partial charge is 0.378 e. The van der Waals surface area contributed by atoms with Crippen molar-refractivity contribution < 1.29 is 13.5 Å². The van der Waals surface area contributed by atoms with Crippen molar-refractivity contribution in [3.63, 3.8) is 0 Å². The van der Waals surface area contributed by atoms with Crippen molar-refractivity contribution in [2.45, 2.75) is 51.2 Å². The molecular weight excluding hydrogens is 260 g/mol. The van der Waals surface area contributed by atoms with Crippen molar-refractivity contribution in [1.29, 1.82) is 0 Å². The van der Waals surface area contributed by atoms with Crippen LogP contribution < -0.4 is 5.32 Å². The van der Waals surface area contributed by atoms with Crippen LogP contribution in [0.15, 0.2) is 12.1 Å². The fourth-order valence-electron chi connectivity index (χ4n) is 2.82. The highest BCUT2D eigenvalue weighted by Gasteiger charge is 2.22. The van der Waals surface area contributed by atoms with E-state index in [4.69, 9.17) is 4.74 Å². The van der Waals surface area contributed by atoms with E-state index >= 15 is 0 Å². The van der Waals surface area contributed by atoms with Crippen LogP contribution in [0.1, 0.15) is 49.3 Å². The van der Waals surface area contributed by atoms with Crippen molar-refractivity contribution in [3.05, 3.63) is 34.9 Å². The Kier molecular flexibility index (Phi) is 5.49. The maximum absolute atomic E-state index is 14.2. The molecule has 1 aromatic carbocycles. The molecule has 4 heteroatoms. The highest BCUT2D eigenvalue weighted by Crippen LogP contribution is 2.28. The van der Waals surface area contributed by atoms with Crippen molar-refractivity contribution in [1.82, 2.24) is 5.32 Å². The molecule has 0 bridgehead atoms. The SMILES string of the molecule is CNC(CCC1CCCCO1)c1c(F)ccc(C)c1F. The fourth-order valence-corrected chi connectivity index (χ4v) is 2.82. The first-order chi connectivity index (χ1) is 9.63. The molecule has 112 valence electrons. The van der Waals surface area contributed by atoms with Gasteiger partial charge in [-0.15, -0.1) is 0 Å². The van der Waals surface area contributed by atoms with E-state index < -0.39 is 11.6 Å². The first-order valence-corrected chi connectivity index (χ1v) is 7.37. The Labute approximate surface area is 119 Å². The van der Waals surface area contributed by atoms with E-state index in [-0.39, 0.29) is 17.7 Å². The molecule has 0 aromatic heterocycles. The van der Waals surface area contributed by atoms with E-state index in [0.29, 0.717) is 12.0 Å². The number of hydrogen-bond donors (Lipinski definition) is 1. The van der Waals surface area contributed by atoms with Gasteiger partial charge in [-0.2, -0.15) is 0 Å². The molecule has 1 heterocycles.